The fraction of sp³-hybridized carbons (Fsp3) is 0.571. The number of esters is 1. The van der Waals surface area contributed by atoms with Gasteiger partial charge in [0, 0.05) is 13.3 Å². The zero-order valence-electron chi connectivity index (χ0n) is 7.15. The molecular formula is C7H11NO5. The van der Waals surface area contributed by atoms with Crippen molar-refractivity contribution in [3.05, 3.63) is 0 Å². The number of aliphatic carboxylic acids is 1. The molecule has 1 unspecified atom stereocenters. The fourth-order valence-electron chi connectivity index (χ4n) is 0.574. The highest BCUT2D eigenvalue weighted by molar-refractivity contribution is 5.87. The average Bonchev–Trinajstić information content (AvgIpc) is 2.00. The lowest BCUT2D eigenvalue weighted by atomic mass is 10.1. The predicted molar refractivity (Wildman–Crippen MR) is 41.9 cm³/mol. The van der Waals surface area contributed by atoms with Gasteiger partial charge in [0.15, 0.2) is 5.78 Å². The van der Waals surface area contributed by atoms with E-state index in [0.29, 0.717) is 0 Å². The molecule has 0 amide bonds. The van der Waals surface area contributed by atoms with Crippen molar-refractivity contribution in [2.24, 2.45) is 5.73 Å². The summed E-state index contributed by atoms with van der Waals surface area (Å²) in [5, 5.41) is 8.32. The van der Waals surface area contributed by atoms with Crippen molar-refractivity contribution in [1.29, 1.82) is 0 Å². The third kappa shape index (κ3) is 5.80. The molecule has 0 heterocycles. The number of carbonyl (C=O) groups excluding carboxylic acids is 2. The van der Waals surface area contributed by atoms with Crippen molar-refractivity contribution >= 4 is 17.7 Å². The summed E-state index contributed by atoms with van der Waals surface area (Å²) in [6, 6.07) is -1.23. The summed E-state index contributed by atoms with van der Waals surface area (Å²) in [6.07, 6.45) is -0.331. The second kappa shape index (κ2) is 5.26. The quantitative estimate of drug-likeness (QED) is 0.533. The molecule has 0 rings (SSSR count). The number of carboxylic acid groups (broad SMARTS) is 1. The number of ether oxygens (including phenoxy) is 1. The van der Waals surface area contributed by atoms with Gasteiger partial charge >= 0.3 is 11.9 Å². The van der Waals surface area contributed by atoms with Gasteiger partial charge in [0.25, 0.3) is 0 Å². The van der Waals surface area contributed by atoms with Gasteiger partial charge in [-0.3, -0.25) is 14.4 Å². The smallest absolute Gasteiger partial charge is 0.320 e. The summed E-state index contributed by atoms with van der Waals surface area (Å²) in [5.74, 6) is -2.35. The molecule has 0 fully saturated rings. The minimum absolute atomic E-state index is 0.331. The Balaban J connectivity index is 3.74. The second-order valence-electron chi connectivity index (χ2n) is 2.47. The highest BCUT2D eigenvalue weighted by Gasteiger charge is 2.16. The van der Waals surface area contributed by atoms with E-state index < -0.39 is 30.4 Å². The predicted octanol–water partition coefficient (Wildman–Crippen LogP) is -1.08. The Morgan fingerprint density at radius 2 is 2.00 bits per heavy atom. The van der Waals surface area contributed by atoms with Crippen molar-refractivity contribution in [3.63, 3.8) is 0 Å². The van der Waals surface area contributed by atoms with Crippen molar-refractivity contribution in [2.45, 2.75) is 19.4 Å². The number of carbonyl (C=O) groups is 3. The molecule has 3 N–H and O–H groups in total. The minimum atomic E-state index is -1.25. The molecular weight excluding hydrogens is 178 g/mol. The van der Waals surface area contributed by atoms with Crippen molar-refractivity contribution in [3.8, 4) is 0 Å². The SMILES string of the molecule is CC(=O)OCC(=O)CC(N)C(=O)O. The summed E-state index contributed by atoms with van der Waals surface area (Å²) in [5.41, 5.74) is 5.06. The number of Topliss-reactive ketones (excluding diaryl/α,β-unsaturated/α-hetero) is 1. The van der Waals surface area contributed by atoms with Crippen molar-refractivity contribution in [1.82, 2.24) is 0 Å². The summed E-state index contributed by atoms with van der Waals surface area (Å²) in [6.45, 7) is 0.737. The molecule has 0 spiro atoms. The number of hydrogen-bond donors (Lipinski definition) is 2. The topological polar surface area (TPSA) is 107 Å². The molecule has 0 aliphatic heterocycles. The molecule has 74 valence electrons. The molecule has 0 saturated carbocycles. The number of rotatable bonds is 5. The van der Waals surface area contributed by atoms with E-state index >= 15 is 0 Å². The van der Waals surface area contributed by atoms with Crippen LogP contribution in [0.15, 0.2) is 0 Å². The van der Waals surface area contributed by atoms with Gasteiger partial charge < -0.3 is 15.6 Å². The molecule has 6 nitrogen and oxygen atoms in total. The van der Waals surface area contributed by atoms with E-state index in [-0.39, 0.29) is 6.42 Å². The zero-order chi connectivity index (χ0) is 10.4. The van der Waals surface area contributed by atoms with Crippen molar-refractivity contribution in [2.75, 3.05) is 6.61 Å². The van der Waals surface area contributed by atoms with Crippen LogP contribution in [0.3, 0.4) is 0 Å². The van der Waals surface area contributed by atoms with Gasteiger partial charge in [-0.2, -0.15) is 0 Å². The monoisotopic (exact) mass is 189 g/mol. The Kier molecular flexibility index (Phi) is 4.68. The van der Waals surface area contributed by atoms with Gasteiger partial charge in [-0.25, -0.2) is 0 Å². The van der Waals surface area contributed by atoms with E-state index in [2.05, 4.69) is 4.74 Å². The van der Waals surface area contributed by atoms with Crippen LogP contribution in [0.4, 0.5) is 0 Å². The molecule has 1 atom stereocenters. The van der Waals surface area contributed by atoms with Gasteiger partial charge in [-0.15, -0.1) is 0 Å². The molecule has 0 saturated heterocycles. The van der Waals surface area contributed by atoms with Gasteiger partial charge in [0.2, 0.25) is 0 Å². The van der Waals surface area contributed by atoms with Crippen LogP contribution < -0.4 is 5.73 Å². The van der Waals surface area contributed by atoms with Crippen LogP contribution in [-0.2, 0) is 19.1 Å². The first kappa shape index (κ1) is 11.6. The Labute approximate surface area is 74.7 Å². The summed E-state index contributed by atoms with van der Waals surface area (Å²) < 4.78 is 4.35. The number of carboxylic acids is 1. The maximum atomic E-state index is 10.8. The van der Waals surface area contributed by atoms with E-state index in [1.54, 1.807) is 0 Å². The number of ketones is 1. The third-order valence-corrected chi connectivity index (χ3v) is 1.20. The van der Waals surface area contributed by atoms with E-state index in [4.69, 9.17) is 10.8 Å². The van der Waals surface area contributed by atoms with Gasteiger partial charge in [0.05, 0.1) is 0 Å². The molecule has 0 aliphatic carbocycles. The number of nitrogens with two attached hydrogens (primary N) is 1. The molecule has 0 aromatic carbocycles. The van der Waals surface area contributed by atoms with Crippen LogP contribution in [0.5, 0.6) is 0 Å². The first-order valence-electron chi connectivity index (χ1n) is 3.57. The average molecular weight is 189 g/mol. The first-order valence-corrected chi connectivity index (χ1v) is 3.57. The molecule has 0 bridgehead atoms. The summed E-state index contributed by atoms with van der Waals surface area (Å²) >= 11 is 0. The molecule has 13 heavy (non-hydrogen) atoms. The van der Waals surface area contributed by atoms with Crippen LogP contribution in [-0.4, -0.2) is 35.5 Å². The largest absolute Gasteiger partial charge is 0.480 e. The normalized spacial score (nSPS) is 11.8. The molecule has 0 aromatic rings. The highest BCUT2D eigenvalue weighted by Crippen LogP contribution is 1.91. The Hall–Kier alpha value is -1.43. The summed E-state index contributed by atoms with van der Waals surface area (Å²) in [4.78, 5) is 31.3. The molecule has 0 aliphatic rings. The maximum absolute atomic E-state index is 10.8. The Bertz CT molecular complexity index is 225. The minimum Gasteiger partial charge on any atom is -0.480 e. The Morgan fingerprint density at radius 1 is 1.46 bits per heavy atom. The van der Waals surface area contributed by atoms with E-state index in [1.165, 1.54) is 0 Å². The van der Waals surface area contributed by atoms with Gasteiger partial charge in [-0.05, 0) is 0 Å². The first-order chi connectivity index (χ1) is 5.93. The zero-order valence-corrected chi connectivity index (χ0v) is 7.15. The van der Waals surface area contributed by atoms with Crippen molar-refractivity contribution < 1.29 is 24.2 Å². The fourth-order valence-corrected chi connectivity index (χ4v) is 0.574. The lowest BCUT2D eigenvalue weighted by Gasteiger charge is -2.04. The lowest BCUT2D eigenvalue weighted by molar-refractivity contribution is -0.146. The van der Waals surface area contributed by atoms with Crippen LogP contribution in [0.25, 0.3) is 0 Å². The second-order valence-corrected chi connectivity index (χ2v) is 2.47. The van der Waals surface area contributed by atoms with Crippen LogP contribution in [0.1, 0.15) is 13.3 Å². The molecule has 0 radical (unpaired) electrons. The highest BCUT2D eigenvalue weighted by atomic mass is 16.5. The van der Waals surface area contributed by atoms with Crippen LogP contribution in [0.2, 0.25) is 0 Å². The van der Waals surface area contributed by atoms with Gasteiger partial charge in [0.1, 0.15) is 12.6 Å². The van der Waals surface area contributed by atoms with E-state index in [0.717, 1.165) is 6.92 Å². The number of hydrogen-bond acceptors (Lipinski definition) is 5. The summed E-state index contributed by atoms with van der Waals surface area (Å²) in [7, 11) is 0. The van der Waals surface area contributed by atoms with E-state index in [9.17, 15) is 14.4 Å². The van der Waals surface area contributed by atoms with E-state index in [1.807, 2.05) is 0 Å². The Morgan fingerprint density at radius 3 is 2.38 bits per heavy atom. The standard InChI is InChI=1S/C7H11NO5/c1-4(9)13-3-5(10)2-6(8)7(11)12/h6H,2-3,8H2,1H3,(H,11,12). The molecule has 0 aromatic heterocycles. The van der Waals surface area contributed by atoms with Gasteiger partial charge in [-0.1, -0.05) is 0 Å². The lowest BCUT2D eigenvalue weighted by Crippen LogP contribution is -2.33. The molecule has 6 heteroatoms. The third-order valence-electron chi connectivity index (χ3n) is 1.20. The van der Waals surface area contributed by atoms with Crippen LogP contribution >= 0.6 is 0 Å². The van der Waals surface area contributed by atoms with Crippen LogP contribution in [0, 0.1) is 0 Å². The maximum Gasteiger partial charge on any atom is 0.320 e.